The molecule has 0 saturated carbocycles. The molecule has 0 heterocycles. The Bertz CT molecular complexity index is 761. The monoisotopic (exact) mass is 292 g/mol. The molecule has 0 aliphatic heterocycles. The van der Waals surface area contributed by atoms with Crippen LogP contribution in [0.15, 0.2) is 54.6 Å². The Balaban J connectivity index is 2.21. The Morgan fingerprint density at radius 3 is 1.71 bits per heavy atom. The molecule has 0 aliphatic rings. The van der Waals surface area contributed by atoms with Crippen LogP contribution in [0.3, 0.4) is 0 Å². The zero-order valence-electron chi connectivity index (χ0n) is 13.3. The second kappa shape index (κ2) is 5.65. The third-order valence-corrected chi connectivity index (χ3v) is 10.9. The molecule has 108 valence electrons. The Hall–Kier alpha value is -1.60. The van der Waals surface area contributed by atoms with Gasteiger partial charge in [0.1, 0.15) is 0 Å². The van der Waals surface area contributed by atoms with E-state index in [2.05, 4.69) is 75.4 Å². The molecule has 1 heteroatoms. The quantitative estimate of drug-likeness (QED) is 0.427. The SMILES string of the molecule is CC[Si](CC)(CC)c1ccc2cc3ccccc3cc2c1. The summed E-state index contributed by atoms with van der Waals surface area (Å²) in [5.41, 5.74) is 0. The van der Waals surface area contributed by atoms with Gasteiger partial charge < -0.3 is 0 Å². The molecule has 0 saturated heterocycles. The predicted molar refractivity (Wildman–Crippen MR) is 98.3 cm³/mol. The Labute approximate surface area is 128 Å². The molecule has 0 unspecified atom stereocenters. The number of hydrogen-bond acceptors (Lipinski definition) is 0. The first-order valence-corrected chi connectivity index (χ1v) is 10.8. The van der Waals surface area contributed by atoms with Crippen LogP contribution in [0, 0.1) is 0 Å². The van der Waals surface area contributed by atoms with E-state index in [4.69, 9.17) is 0 Å². The second-order valence-corrected chi connectivity index (χ2v) is 11.4. The fourth-order valence-corrected chi connectivity index (χ4v) is 7.26. The van der Waals surface area contributed by atoms with E-state index in [0.29, 0.717) is 0 Å². The minimum atomic E-state index is -1.28. The molecule has 21 heavy (non-hydrogen) atoms. The molecule has 3 aromatic carbocycles. The van der Waals surface area contributed by atoms with Crippen molar-refractivity contribution in [1.82, 2.24) is 0 Å². The van der Waals surface area contributed by atoms with Gasteiger partial charge in [0, 0.05) is 0 Å². The summed E-state index contributed by atoms with van der Waals surface area (Å²) in [6.45, 7) is 7.14. The van der Waals surface area contributed by atoms with Crippen LogP contribution in [-0.2, 0) is 0 Å². The number of fused-ring (bicyclic) bond motifs is 2. The lowest BCUT2D eigenvalue weighted by atomic mass is 10.0. The Kier molecular flexibility index (Phi) is 3.86. The highest BCUT2D eigenvalue weighted by molar-refractivity contribution is 6.91. The van der Waals surface area contributed by atoms with E-state index in [1.165, 1.54) is 39.7 Å². The van der Waals surface area contributed by atoms with E-state index >= 15 is 0 Å². The van der Waals surface area contributed by atoms with E-state index in [1.807, 2.05) is 0 Å². The zero-order chi connectivity index (χ0) is 14.9. The van der Waals surface area contributed by atoms with Crippen molar-refractivity contribution in [3.63, 3.8) is 0 Å². The summed E-state index contributed by atoms with van der Waals surface area (Å²) < 4.78 is 0. The number of hydrogen-bond donors (Lipinski definition) is 0. The van der Waals surface area contributed by atoms with Gasteiger partial charge in [-0.15, -0.1) is 0 Å². The van der Waals surface area contributed by atoms with Crippen LogP contribution in [0.1, 0.15) is 20.8 Å². The first-order valence-electron chi connectivity index (χ1n) is 8.15. The van der Waals surface area contributed by atoms with Gasteiger partial charge >= 0.3 is 0 Å². The van der Waals surface area contributed by atoms with Crippen molar-refractivity contribution in [3.8, 4) is 0 Å². The van der Waals surface area contributed by atoms with Gasteiger partial charge in [0.05, 0.1) is 8.07 Å². The maximum atomic E-state index is 2.48. The van der Waals surface area contributed by atoms with Crippen molar-refractivity contribution >= 4 is 34.8 Å². The maximum absolute atomic E-state index is 2.48. The molecule has 0 nitrogen and oxygen atoms in total. The van der Waals surface area contributed by atoms with Crippen LogP contribution in [0.2, 0.25) is 18.1 Å². The topological polar surface area (TPSA) is 0 Å². The fourth-order valence-electron chi connectivity index (χ4n) is 3.63. The maximum Gasteiger partial charge on any atom is 0.0859 e. The van der Waals surface area contributed by atoms with Crippen LogP contribution in [0.25, 0.3) is 21.5 Å². The van der Waals surface area contributed by atoms with Gasteiger partial charge in [-0.3, -0.25) is 0 Å². The van der Waals surface area contributed by atoms with Gasteiger partial charge in [-0.1, -0.05) is 86.6 Å². The van der Waals surface area contributed by atoms with Crippen molar-refractivity contribution in [1.29, 1.82) is 0 Å². The molecule has 0 radical (unpaired) electrons. The summed E-state index contributed by atoms with van der Waals surface area (Å²) in [7, 11) is -1.28. The summed E-state index contributed by atoms with van der Waals surface area (Å²) in [6.07, 6.45) is 0. The van der Waals surface area contributed by atoms with Crippen molar-refractivity contribution in [3.05, 3.63) is 54.6 Å². The van der Waals surface area contributed by atoms with E-state index in [0.717, 1.165) is 0 Å². The molecular weight excluding hydrogens is 268 g/mol. The van der Waals surface area contributed by atoms with Gasteiger partial charge in [0.25, 0.3) is 0 Å². The fraction of sp³-hybridized carbons (Fsp3) is 0.300. The molecule has 0 spiro atoms. The molecule has 0 aliphatic carbocycles. The lowest BCUT2D eigenvalue weighted by molar-refractivity contribution is 1.20. The Morgan fingerprint density at radius 1 is 0.619 bits per heavy atom. The molecule has 3 rings (SSSR count). The molecule has 0 bridgehead atoms. The van der Waals surface area contributed by atoms with Gasteiger partial charge in [-0.25, -0.2) is 0 Å². The summed E-state index contributed by atoms with van der Waals surface area (Å²) in [4.78, 5) is 0. The number of benzene rings is 3. The van der Waals surface area contributed by atoms with E-state index in [1.54, 1.807) is 5.19 Å². The van der Waals surface area contributed by atoms with E-state index in [-0.39, 0.29) is 0 Å². The van der Waals surface area contributed by atoms with Crippen LogP contribution in [0.5, 0.6) is 0 Å². The smallest absolute Gasteiger partial charge is 0.0675 e. The van der Waals surface area contributed by atoms with Crippen molar-refractivity contribution in [2.45, 2.75) is 38.9 Å². The van der Waals surface area contributed by atoms with Crippen LogP contribution >= 0.6 is 0 Å². The average Bonchev–Trinajstić information content (AvgIpc) is 2.55. The van der Waals surface area contributed by atoms with Gasteiger partial charge in [-0.2, -0.15) is 0 Å². The summed E-state index contributed by atoms with van der Waals surface area (Å²) >= 11 is 0. The van der Waals surface area contributed by atoms with Crippen LogP contribution in [0.4, 0.5) is 0 Å². The molecule has 0 fully saturated rings. The second-order valence-electron chi connectivity index (χ2n) is 6.10. The lowest BCUT2D eigenvalue weighted by Crippen LogP contribution is -2.45. The zero-order valence-corrected chi connectivity index (χ0v) is 14.3. The molecule has 3 aromatic rings. The highest BCUT2D eigenvalue weighted by atomic mass is 28.3. The minimum Gasteiger partial charge on any atom is -0.0675 e. The summed E-state index contributed by atoms with van der Waals surface area (Å²) in [5, 5.41) is 7.08. The van der Waals surface area contributed by atoms with Gasteiger partial charge in [-0.05, 0) is 33.7 Å². The average molecular weight is 292 g/mol. The highest BCUT2D eigenvalue weighted by Gasteiger charge is 2.28. The van der Waals surface area contributed by atoms with Crippen molar-refractivity contribution in [2.24, 2.45) is 0 Å². The van der Waals surface area contributed by atoms with Crippen LogP contribution < -0.4 is 5.19 Å². The van der Waals surface area contributed by atoms with E-state index in [9.17, 15) is 0 Å². The van der Waals surface area contributed by atoms with Crippen molar-refractivity contribution in [2.75, 3.05) is 0 Å². The first-order chi connectivity index (χ1) is 10.2. The molecule has 0 amide bonds. The molecular formula is C20H24Si. The third-order valence-electron chi connectivity index (χ3n) is 5.35. The normalized spacial score (nSPS) is 12.1. The Morgan fingerprint density at radius 2 is 1.14 bits per heavy atom. The third kappa shape index (κ3) is 2.40. The lowest BCUT2D eigenvalue weighted by Gasteiger charge is -2.29. The molecule has 0 N–H and O–H groups in total. The van der Waals surface area contributed by atoms with E-state index < -0.39 is 8.07 Å². The largest absolute Gasteiger partial charge is 0.0859 e. The van der Waals surface area contributed by atoms with Crippen molar-refractivity contribution < 1.29 is 0 Å². The summed E-state index contributed by atoms with van der Waals surface area (Å²) in [5.74, 6) is 0. The van der Waals surface area contributed by atoms with Gasteiger partial charge in [0.2, 0.25) is 0 Å². The predicted octanol–water partition coefficient (Wildman–Crippen LogP) is 5.71. The standard InChI is InChI=1S/C20H24Si/c1-4-21(5-2,6-3)20-12-11-18-13-16-9-7-8-10-17(16)14-19(18)15-20/h7-15H,4-6H2,1-3H3. The van der Waals surface area contributed by atoms with Gasteiger partial charge in [0.15, 0.2) is 0 Å². The first kappa shape index (κ1) is 14.3. The molecule has 0 atom stereocenters. The number of rotatable bonds is 4. The van der Waals surface area contributed by atoms with Crippen LogP contribution in [-0.4, -0.2) is 8.07 Å². The summed E-state index contributed by atoms with van der Waals surface area (Å²) in [6, 6.07) is 24.6. The minimum absolute atomic E-state index is 1.28. The highest BCUT2D eigenvalue weighted by Crippen LogP contribution is 2.25. The molecule has 0 aromatic heterocycles.